The third kappa shape index (κ3) is 1.56. The van der Waals surface area contributed by atoms with Crippen molar-refractivity contribution in [2.45, 2.75) is 6.55 Å². The van der Waals surface area contributed by atoms with Crippen LogP contribution >= 0.6 is 34.2 Å². The summed E-state index contributed by atoms with van der Waals surface area (Å²) in [5.74, 6) is 0. The van der Waals surface area contributed by atoms with E-state index in [1.165, 1.54) is 12.3 Å². The molecule has 0 spiro atoms. The zero-order valence-electron chi connectivity index (χ0n) is 6.59. The third-order valence-corrected chi connectivity index (χ3v) is 2.63. The Morgan fingerprint density at radius 1 is 1.50 bits per heavy atom. The molecule has 2 aromatic heterocycles. The Morgan fingerprint density at radius 2 is 2.21 bits per heavy atom. The molecular weight excluding hydrogens is 326 g/mol. The number of rotatable bonds is 1. The summed E-state index contributed by atoms with van der Waals surface area (Å²) in [6.45, 7) is -2.66. The van der Waals surface area contributed by atoms with Crippen molar-refractivity contribution in [3.8, 4) is 0 Å². The largest absolute Gasteiger partial charge is 0.333 e. The molecule has 2 rings (SSSR count). The van der Waals surface area contributed by atoms with Gasteiger partial charge in [0.25, 0.3) is 0 Å². The molecular formula is C7H3ClF2IN3. The van der Waals surface area contributed by atoms with Crippen LogP contribution in [0.25, 0.3) is 10.9 Å². The van der Waals surface area contributed by atoms with Crippen LogP contribution in [0.15, 0.2) is 12.3 Å². The molecule has 0 bridgehead atoms. The minimum Gasteiger partial charge on any atom is -0.228 e. The topological polar surface area (TPSA) is 30.7 Å². The molecule has 0 atom stereocenters. The van der Waals surface area contributed by atoms with E-state index < -0.39 is 6.55 Å². The van der Waals surface area contributed by atoms with Gasteiger partial charge in [0, 0.05) is 5.39 Å². The van der Waals surface area contributed by atoms with E-state index in [0.717, 1.165) is 0 Å². The highest BCUT2D eigenvalue weighted by atomic mass is 127. The Bertz CT molecular complexity index is 485. The average Bonchev–Trinajstić information content (AvgIpc) is 2.47. The first-order valence-electron chi connectivity index (χ1n) is 3.57. The second kappa shape index (κ2) is 3.58. The fourth-order valence-electron chi connectivity index (χ4n) is 1.15. The molecule has 0 aliphatic rings. The predicted molar refractivity (Wildman–Crippen MR) is 56.5 cm³/mol. The van der Waals surface area contributed by atoms with Gasteiger partial charge in [-0.2, -0.15) is 13.9 Å². The van der Waals surface area contributed by atoms with Crippen LogP contribution in [0.1, 0.15) is 6.55 Å². The van der Waals surface area contributed by atoms with Gasteiger partial charge in [-0.15, -0.1) is 0 Å². The summed E-state index contributed by atoms with van der Waals surface area (Å²) in [6, 6.07) is 1.50. The fraction of sp³-hybridized carbons (Fsp3) is 0.143. The lowest BCUT2D eigenvalue weighted by atomic mass is 10.3. The lowest BCUT2D eigenvalue weighted by molar-refractivity contribution is 0.0613. The van der Waals surface area contributed by atoms with Crippen molar-refractivity contribution >= 4 is 45.1 Å². The van der Waals surface area contributed by atoms with E-state index in [-0.39, 0.29) is 5.15 Å². The first-order chi connectivity index (χ1) is 6.59. The highest BCUT2D eigenvalue weighted by Crippen LogP contribution is 2.25. The van der Waals surface area contributed by atoms with Gasteiger partial charge in [-0.3, -0.25) is 0 Å². The molecule has 0 fully saturated rings. The Hall–Kier alpha value is -0.500. The number of nitrogens with zero attached hydrogens (tertiary/aromatic N) is 3. The van der Waals surface area contributed by atoms with Crippen LogP contribution in [-0.4, -0.2) is 14.8 Å². The number of halogens is 4. The van der Waals surface area contributed by atoms with Crippen molar-refractivity contribution in [1.29, 1.82) is 0 Å². The highest BCUT2D eigenvalue weighted by molar-refractivity contribution is 14.1. The molecule has 0 amide bonds. The second-order valence-electron chi connectivity index (χ2n) is 2.54. The predicted octanol–water partition coefficient (Wildman–Crippen LogP) is 3.08. The van der Waals surface area contributed by atoms with Crippen LogP contribution in [0.2, 0.25) is 5.15 Å². The minimum absolute atomic E-state index is 0.274. The molecule has 7 heteroatoms. The Kier molecular flexibility index (Phi) is 2.56. The lowest BCUT2D eigenvalue weighted by Crippen LogP contribution is -2.01. The summed E-state index contributed by atoms with van der Waals surface area (Å²) in [4.78, 5) is 3.87. The molecule has 0 saturated carbocycles. The van der Waals surface area contributed by atoms with Gasteiger partial charge < -0.3 is 0 Å². The van der Waals surface area contributed by atoms with E-state index in [1.54, 1.807) is 0 Å². The van der Waals surface area contributed by atoms with Gasteiger partial charge >= 0.3 is 6.55 Å². The van der Waals surface area contributed by atoms with Crippen LogP contribution in [0.3, 0.4) is 0 Å². The molecule has 0 N–H and O–H groups in total. The summed E-state index contributed by atoms with van der Waals surface area (Å²) < 4.78 is 25.9. The van der Waals surface area contributed by atoms with Crippen molar-refractivity contribution in [2.75, 3.05) is 0 Å². The molecule has 0 saturated heterocycles. The molecule has 0 aromatic carbocycles. The van der Waals surface area contributed by atoms with E-state index >= 15 is 0 Å². The molecule has 0 radical (unpaired) electrons. The second-order valence-corrected chi connectivity index (χ2v) is 3.95. The first kappa shape index (κ1) is 10.0. The van der Waals surface area contributed by atoms with Gasteiger partial charge in [0.1, 0.15) is 14.4 Å². The van der Waals surface area contributed by atoms with Gasteiger partial charge in [0.15, 0.2) is 0 Å². The van der Waals surface area contributed by atoms with Crippen molar-refractivity contribution in [1.82, 2.24) is 14.8 Å². The molecule has 2 heterocycles. The van der Waals surface area contributed by atoms with E-state index in [1.807, 2.05) is 22.6 Å². The fourth-order valence-corrected chi connectivity index (χ4v) is 2.31. The molecule has 2 aromatic rings. The minimum atomic E-state index is -2.66. The maximum atomic E-state index is 12.4. The summed E-state index contributed by atoms with van der Waals surface area (Å²) in [7, 11) is 0. The molecule has 74 valence electrons. The zero-order valence-corrected chi connectivity index (χ0v) is 9.50. The molecule has 0 unspecified atom stereocenters. The van der Waals surface area contributed by atoms with Gasteiger partial charge in [0.05, 0.1) is 6.20 Å². The van der Waals surface area contributed by atoms with Gasteiger partial charge in [-0.25, -0.2) is 9.67 Å². The highest BCUT2D eigenvalue weighted by Gasteiger charge is 2.15. The standard InChI is InChI=1S/C7H3ClF2IN3/c8-4-1-3-2-12-14(7(9)10)5(3)6(11)13-4/h1-2,7H. The maximum absolute atomic E-state index is 12.4. The zero-order chi connectivity index (χ0) is 10.3. The van der Waals surface area contributed by atoms with E-state index in [0.29, 0.717) is 19.3 Å². The number of hydrogen-bond donors (Lipinski definition) is 0. The molecule has 0 aliphatic heterocycles. The molecule has 0 aliphatic carbocycles. The first-order valence-corrected chi connectivity index (χ1v) is 5.02. The Balaban J connectivity index is 2.79. The third-order valence-electron chi connectivity index (χ3n) is 1.68. The summed E-state index contributed by atoms with van der Waals surface area (Å²) in [5.41, 5.74) is 0.310. The number of hydrogen-bond acceptors (Lipinski definition) is 2. The molecule has 3 nitrogen and oxygen atoms in total. The SMILES string of the molecule is FC(F)n1ncc2cc(Cl)nc(I)c21. The van der Waals surface area contributed by atoms with Gasteiger partial charge in [-0.05, 0) is 28.7 Å². The smallest absolute Gasteiger partial charge is 0.228 e. The quantitative estimate of drug-likeness (QED) is 0.595. The van der Waals surface area contributed by atoms with Crippen LogP contribution in [0.4, 0.5) is 8.78 Å². The monoisotopic (exact) mass is 329 g/mol. The van der Waals surface area contributed by atoms with Crippen molar-refractivity contribution in [2.24, 2.45) is 0 Å². The number of alkyl halides is 2. The van der Waals surface area contributed by atoms with Crippen molar-refractivity contribution in [3.63, 3.8) is 0 Å². The summed E-state index contributed by atoms with van der Waals surface area (Å²) in [5, 5.41) is 4.40. The van der Waals surface area contributed by atoms with Gasteiger partial charge in [0.2, 0.25) is 0 Å². The van der Waals surface area contributed by atoms with Crippen LogP contribution in [-0.2, 0) is 0 Å². The van der Waals surface area contributed by atoms with Crippen molar-refractivity contribution < 1.29 is 8.78 Å². The van der Waals surface area contributed by atoms with E-state index in [4.69, 9.17) is 11.6 Å². The average molecular weight is 329 g/mol. The number of pyridine rings is 1. The normalized spacial score (nSPS) is 11.5. The van der Waals surface area contributed by atoms with Crippen LogP contribution < -0.4 is 0 Å². The number of aromatic nitrogens is 3. The van der Waals surface area contributed by atoms with Gasteiger partial charge in [-0.1, -0.05) is 11.6 Å². The summed E-state index contributed by atoms with van der Waals surface area (Å²) >= 11 is 7.52. The summed E-state index contributed by atoms with van der Waals surface area (Å²) in [6.07, 6.45) is 1.34. The maximum Gasteiger partial charge on any atom is 0.333 e. The Labute approximate surface area is 96.2 Å². The Morgan fingerprint density at radius 3 is 2.86 bits per heavy atom. The van der Waals surface area contributed by atoms with E-state index in [9.17, 15) is 8.78 Å². The molecule has 14 heavy (non-hydrogen) atoms. The number of fused-ring (bicyclic) bond motifs is 1. The lowest BCUT2D eigenvalue weighted by Gasteiger charge is -2.02. The van der Waals surface area contributed by atoms with Crippen LogP contribution in [0.5, 0.6) is 0 Å². The van der Waals surface area contributed by atoms with Crippen molar-refractivity contribution in [3.05, 3.63) is 21.1 Å². The van der Waals surface area contributed by atoms with E-state index in [2.05, 4.69) is 10.1 Å². The van der Waals surface area contributed by atoms with Crippen LogP contribution in [0, 0.1) is 3.70 Å².